The first-order chi connectivity index (χ1) is 7.99. The van der Waals surface area contributed by atoms with Crippen LogP contribution in [0.2, 0.25) is 0 Å². The van der Waals surface area contributed by atoms with E-state index in [1.807, 2.05) is 19.9 Å². The zero-order valence-electron chi connectivity index (χ0n) is 9.61. The highest BCUT2D eigenvalue weighted by Crippen LogP contribution is 2.25. The van der Waals surface area contributed by atoms with Crippen molar-refractivity contribution in [3.63, 3.8) is 0 Å². The van der Waals surface area contributed by atoms with Crippen LogP contribution in [0.1, 0.15) is 24.2 Å². The zero-order valence-corrected chi connectivity index (χ0v) is 11.2. The summed E-state index contributed by atoms with van der Waals surface area (Å²) in [6.07, 6.45) is 0. The maximum absolute atomic E-state index is 13.2. The summed E-state index contributed by atoms with van der Waals surface area (Å²) in [6.45, 7) is 3.86. The first-order valence-corrected chi connectivity index (χ1v) is 6.05. The van der Waals surface area contributed by atoms with Crippen LogP contribution in [0.3, 0.4) is 0 Å². The van der Waals surface area contributed by atoms with Crippen LogP contribution in [-0.2, 0) is 0 Å². The number of benzene rings is 1. The lowest BCUT2D eigenvalue weighted by atomic mass is 10.1. The van der Waals surface area contributed by atoms with E-state index in [1.54, 1.807) is 16.8 Å². The average Bonchev–Trinajstić information content (AvgIpc) is 2.61. The predicted molar refractivity (Wildman–Crippen MR) is 69.3 cm³/mol. The molecule has 0 radical (unpaired) electrons. The van der Waals surface area contributed by atoms with Crippen LogP contribution in [0.4, 0.5) is 10.2 Å². The number of hydrogen-bond donors (Lipinski definition) is 1. The Hall–Kier alpha value is -1.36. The fourth-order valence-corrected chi connectivity index (χ4v) is 2.16. The SMILES string of the molecule is Cc1cc(N)n(C(C)c2ccc(F)c(Br)c2)n1. The molecule has 90 valence electrons. The molecule has 0 bridgehead atoms. The van der Waals surface area contributed by atoms with Gasteiger partial charge in [0.05, 0.1) is 16.2 Å². The van der Waals surface area contributed by atoms with Crippen LogP contribution in [0.25, 0.3) is 0 Å². The van der Waals surface area contributed by atoms with Gasteiger partial charge in [0.1, 0.15) is 11.6 Å². The molecule has 1 heterocycles. The summed E-state index contributed by atoms with van der Waals surface area (Å²) in [5.74, 6) is 0.334. The van der Waals surface area contributed by atoms with E-state index in [2.05, 4.69) is 21.0 Å². The Labute approximate surface area is 108 Å². The maximum Gasteiger partial charge on any atom is 0.137 e. The second-order valence-corrected chi connectivity index (χ2v) is 4.86. The van der Waals surface area contributed by atoms with Gasteiger partial charge in [-0.05, 0) is 47.5 Å². The summed E-state index contributed by atoms with van der Waals surface area (Å²) >= 11 is 3.17. The number of rotatable bonds is 2. The molecule has 0 aliphatic heterocycles. The number of anilines is 1. The molecule has 17 heavy (non-hydrogen) atoms. The van der Waals surface area contributed by atoms with E-state index in [9.17, 15) is 4.39 Å². The standard InChI is InChI=1S/C12H13BrFN3/c1-7-5-12(15)17(16-7)8(2)9-3-4-11(14)10(13)6-9/h3-6,8H,15H2,1-2H3. The summed E-state index contributed by atoms with van der Waals surface area (Å²) in [6, 6.07) is 6.70. The van der Waals surface area contributed by atoms with E-state index in [-0.39, 0.29) is 11.9 Å². The highest BCUT2D eigenvalue weighted by molar-refractivity contribution is 9.10. The predicted octanol–water partition coefficient (Wildman–Crippen LogP) is 3.28. The van der Waals surface area contributed by atoms with Crippen molar-refractivity contribution in [2.24, 2.45) is 0 Å². The Bertz CT molecular complexity index is 551. The lowest BCUT2D eigenvalue weighted by molar-refractivity contribution is 0.564. The van der Waals surface area contributed by atoms with Gasteiger partial charge in [0.2, 0.25) is 0 Å². The first-order valence-electron chi connectivity index (χ1n) is 5.25. The average molecular weight is 298 g/mol. The molecule has 1 aromatic carbocycles. The van der Waals surface area contributed by atoms with E-state index in [1.165, 1.54) is 6.07 Å². The molecule has 3 nitrogen and oxygen atoms in total. The number of halogens is 2. The van der Waals surface area contributed by atoms with E-state index in [4.69, 9.17) is 5.73 Å². The smallest absolute Gasteiger partial charge is 0.137 e. The number of aromatic nitrogens is 2. The van der Waals surface area contributed by atoms with Crippen molar-refractivity contribution in [2.45, 2.75) is 19.9 Å². The highest BCUT2D eigenvalue weighted by atomic mass is 79.9. The molecule has 0 aliphatic carbocycles. The van der Waals surface area contributed by atoms with Crippen molar-refractivity contribution < 1.29 is 4.39 Å². The third-order valence-electron chi connectivity index (χ3n) is 2.68. The highest BCUT2D eigenvalue weighted by Gasteiger charge is 2.13. The lowest BCUT2D eigenvalue weighted by Gasteiger charge is -2.14. The minimum Gasteiger partial charge on any atom is -0.384 e. The van der Waals surface area contributed by atoms with Crippen molar-refractivity contribution in [1.82, 2.24) is 9.78 Å². The van der Waals surface area contributed by atoms with Crippen molar-refractivity contribution in [3.8, 4) is 0 Å². The molecule has 0 fully saturated rings. The minimum absolute atomic E-state index is 0.0272. The largest absolute Gasteiger partial charge is 0.384 e. The second kappa shape index (κ2) is 4.49. The molecule has 1 atom stereocenters. The van der Waals surface area contributed by atoms with Crippen molar-refractivity contribution in [3.05, 3.63) is 45.8 Å². The van der Waals surface area contributed by atoms with Crippen LogP contribution < -0.4 is 5.73 Å². The number of aryl methyl sites for hydroxylation is 1. The van der Waals surface area contributed by atoms with E-state index >= 15 is 0 Å². The number of nitrogens with two attached hydrogens (primary N) is 1. The van der Waals surface area contributed by atoms with Gasteiger partial charge in [-0.1, -0.05) is 6.07 Å². The number of nitrogen functional groups attached to an aromatic ring is 1. The van der Waals surface area contributed by atoms with Gasteiger partial charge in [-0.2, -0.15) is 5.10 Å². The zero-order chi connectivity index (χ0) is 12.6. The van der Waals surface area contributed by atoms with Gasteiger partial charge in [-0.3, -0.25) is 0 Å². The molecule has 0 saturated heterocycles. The fourth-order valence-electron chi connectivity index (χ4n) is 1.76. The van der Waals surface area contributed by atoms with Gasteiger partial charge in [0, 0.05) is 6.07 Å². The van der Waals surface area contributed by atoms with Crippen LogP contribution in [0, 0.1) is 12.7 Å². The molecule has 1 aromatic heterocycles. The monoisotopic (exact) mass is 297 g/mol. The normalized spacial score (nSPS) is 12.7. The van der Waals surface area contributed by atoms with Gasteiger partial charge in [-0.15, -0.1) is 0 Å². The van der Waals surface area contributed by atoms with Crippen molar-refractivity contribution in [2.75, 3.05) is 5.73 Å². The van der Waals surface area contributed by atoms with Gasteiger partial charge in [0.25, 0.3) is 0 Å². The van der Waals surface area contributed by atoms with Crippen molar-refractivity contribution >= 4 is 21.7 Å². The van der Waals surface area contributed by atoms with Crippen molar-refractivity contribution in [1.29, 1.82) is 0 Å². The second-order valence-electron chi connectivity index (χ2n) is 4.00. The Morgan fingerprint density at radius 3 is 2.65 bits per heavy atom. The summed E-state index contributed by atoms with van der Waals surface area (Å²) in [5, 5.41) is 4.32. The number of nitrogens with zero attached hydrogens (tertiary/aromatic N) is 2. The number of hydrogen-bond acceptors (Lipinski definition) is 2. The molecular formula is C12H13BrFN3. The molecule has 5 heteroatoms. The topological polar surface area (TPSA) is 43.8 Å². The van der Waals surface area contributed by atoms with Gasteiger partial charge >= 0.3 is 0 Å². The third-order valence-corrected chi connectivity index (χ3v) is 3.29. The minimum atomic E-state index is -0.273. The summed E-state index contributed by atoms with van der Waals surface area (Å²) in [5.41, 5.74) is 7.69. The first kappa shape index (κ1) is 12.1. The van der Waals surface area contributed by atoms with Gasteiger partial charge in [0.15, 0.2) is 0 Å². The van der Waals surface area contributed by atoms with Crippen LogP contribution in [-0.4, -0.2) is 9.78 Å². The Morgan fingerprint density at radius 2 is 2.12 bits per heavy atom. The van der Waals surface area contributed by atoms with Crippen LogP contribution >= 0.6 is 15.9 Å². The molecule has 0 spiro atoms. The lowest BCUT2D eigenvalue weighted by Crippen LogP contribution is -2.11. The molecule has 0 aliphatic rings. The van der Waals surface area contributed by atoms with Crippen LogP contribution in [0.15, 0.2) is 28.7 Å². The summed E-state index contributed by atoms with van der Waals surface area (Å²) in [4.78, 5) is 0. The van der Waals surface area contributed by atoms with Gasteiger partial charge in [-0.25, -0.2) is 9.07 Å². The Kier molecular flexibility index (Phi) is 3.19. The molecule has 2 aromatic rings. The third kappa shape index (κ3) is 2.34. The maximum atomic E-state index is 13.2. The fraction of sp³-hybridized carbons (Fsp3) is 0.250. The summed E-state index contributed by atoms with van der Waals surface area (Å²) in [7, 11) is 0. The van der Waals surface area contributed by atoms with E-state index < -0.39 is 0 Å². The van der Waals surface area contributed by atoms with Crippen LogP contribution in [0.5, 0.6) is 0 Å². The molecular weight excluding hydrogens is 285 g/mol. The molecule has 1 unspecified atom stereocenters. The van der Waals surface area contributed by atoms with Gasteiger partial charge < -0.3 is 5.73 Å². The molecule has 0 saturated carbocycles. The summed E-state index contributed by atoms with van der Waals surface area (Å²) < 4.78 is 15.3. The van der Waals surface area contributed by atoms with E-state index in [0.717, 1.165) is 11.3 Å². The quantitative estimate of drug-likeness (QED) is 0.924. The molecule has 2 N–H and O–H groups in total. The Morgan fingerprint density at radius 1 is 1.41 bits per heavy atom. The Balaban J connectivity index is 2.40. The molecule has 2 rings (SSSR count). The molecule has 0 amide bonds. The van der Waals surface area contributed by atoms with E-state index in [0.29, 0.717) is 10.3 Å².